The fraction of sp³-hybridized carbons (Fsp3) is 0.538. The normalized spacial score (nSPS) is 20.4. The molecule has 2 unspecified atom stereocenters. The molecule has 0 saturated carbocycles. The van der Waals surface area contributed by atoms with Gasteiger partial charge in [0.2, 0.25) is 0 Å². The number of nitrogens with one attached hydrogen (secondary N) is 1. The maximum absolute atomic E-state index is 8.90. The average molecular weight is 266 g/mol. The molecule has 0 radical (unpaired) electrons. The molecule has 0 bridgehead atoms. The van der Waals surface area contributed by atoms with Gasteiger partial charge in [0.15, 0.2) is 5.69 Å². The monoisotopic (exact) mass is 265 g/mol. The Labute approximate surface area is 112 Å². The molecule has 5 heteroatoms. The minimum atomic E-state index is 0.229. The summed E-state index contributed by atoms with van der Waals surface area (Å²) in [7, 11) is 0. The number of nitrogens with zero attached hydrogens (tertiary/aromatic N) is 2. The lowest BCUT2D eigenvalue weighted by Crippen LogP contribution is -2.32. The van der Waals surface area contributed by atoms with Crippen LogP contribution in [0.1, 0.15) is 31.9 Å². The number of ether oxygens (including phenoxy) is 1. The zero-order chi connectivity index (χ0) is 13.0. The highest BCUT2D eigenvalue weighted by atomic mass is 35.5. The predicted octanol–water partition coefficient (Wildman–Crippen LogP) is 2.98. The number of rotatable bonds is 4. The van der Waals surface area contributed by atoms with Gasteiger partial charge in [-0.05, 0) is 31.4 Å². The van der Waals surface area contributed by atoms with Crippen molar-refractivity contribution in [2.75, 3.05) is 11.9 Å². The van der Waals surface area contributed by atoms with Gasteiger partial charge in [-0.2, -0.15) is 5.26 Å². The second-order valence-electron chi connectivity index (χ2n) is 4.35. The standard InChI is InChI=1S/C13H16ClN3O/c1-2-10(12-4-3-7-18-12)16-13-6-5-9(14)11(8-15)17-13/h5-6,10,12H,2-4,7H2,1H3,(H,16,17). The summed E-state index contributed by atoms with van der Waals surface area (Å²) in [6.07, 6.45) is 3.37. The summed E-state index contributed by atoms with van der Waals surface area (Å²) in [4.78, 5) is 4.19. The third-order valence-corrected chi connectivity index (χ3v) is 3.44. The van der Waals surface area contributed by atoms with Crippen LogP contribution < -0.4 is 5.32 Å². The van der Waals surface area contributed by atoms with Crippen LogP contribution in [0.5, 0.6) is 0 Å². The largest absolute Gasteiger partial charge is 0.376 e. The average Bonchev–Trinajstić information content (AvgIpc) is 2.91. The Morgan fingerprint density at radius 3 is 3.11 bits per heavy atom. The Morgan fingerprint density at radius 1 is 1.67 bits per heavy atom. The van der Waals surface area contributed by atoms with Crippen molar-refractivity contribution in [3.05, 3.63) is 22.8 Å². The Bertz CT molecular complexity index is 452. The van der Waals surface area contributed by atoms with Crippen molar-refractivity contribution in [1.82, 2.24) is 4.98 Å². The van der Waals surface area contributed by atoms with E-state index in [-0.39, 0.29) is 17.8 Å². The number of pyridine rings is 1. The molecule has 4 nitrogen and oxygen atoms in total. The van der Waals surface area contributed by atoms with Crippen molar-refractivity contribution >= 4 is 17.4 Å². The molecule has 2 rings (SSSR count). The number of anilines is 1. The molecule has 2 atom stereocenters. The van der Waals surface area contributed by atoms with Crippen LogP contribution in [0, 0.1) is 11.3 Å². The van der Waals surface area contributed by atoms with E-state index in [4.69, 9.17) is 21.6 Å². The third kappa shape index (κ3) is 2.92. The summed E-state index contributed by atoms with van der Waals surface area (Å²) in [5.74, 6) is 0.679. The summed E-state index contributed by atoms with van der Waals surface area (Å²) < 4.78 is 5.68. The van der Waals surface area contributed by atoms with Crippen molar-refractivity contribution in [3.8, 4) is 6.07 Å². The fourth-order valence-electron chi connectivity index (χ4n) is 2.17. The van der Waals surface area contributed by atoms with Crippen LogP contribution in [0.25, 0.3) is 0 Å². The number of aromatic nitrogens is 1. The number of hydrogen-bond donors (Lipinski definition) is 1. The summed E-state index contributed by atoms with van der Waals surface area (Å²) in [5.41, 5.74) is 0.254. The van der Waals surface area contributed by atoms with Crippen LogP contribution in [0.2, 0.25) is 5.02 Å². The predicted molar refractivity (Wildman–Crippen MR) is 70.6 cm³/mol. The van der Waals surface area contributed by atoms with E-state index in [0.29, 0.717) is 10.8 Å². The van der Waals surface area contributed by atoms with Gasteiger partial charge in [0, 0.05) is 6.61 Å². The molecule has 0 amide bonds. The molecule has 1 fully saturated rings. The molecule has 1 N–H and O–H groups in total. The van der Waals surface area contributed by atoms with Crippen molar-refractivity contribution in [3.63, 3.8) is 0 Å². The molecule has 96 valence electrons. The highest BCUT2D eigenvalue weighted by Gasteiger charge is 2.24. The zero-order valence-electron chi connectivity index (χ0n) is 10.3. The molecule has 0 spiro atoms. The van der Waals surface area contributed by atoms with Crippen molar-refractivity contribution in [1.29, 1.82) is 5.26 Å². The number of nitriles is 1. The highest BCUT2D eigenvalue weighted by Crippen LogP contribution is 2.22. The second kappa shape index (κ2) is 6.03. The first-order chi connectivity index (χ1) is 8.74. The highest BCUT2D eigenvalue weighted by molar-refractivity contribution is 6.31. The Morgan fingerprint density at radius 2 is 2.50 bits per heavy atom. The first kappa shape index (κ1) is 13.1. The molecule has 1 aromatic heterocycles. The third-order valence-electron chi connectivity index (χ3n) is 3.14. The molecule has 0 aromatic carbocycles. The summed E-state index contributed by atoms with van der Waals surface area (Å²) in [6, 6.07) is 5.70. The van der Waals surface area contributed by atoms with E-state index in [1.165, 1.54) is 0 Å². The van der Waals surface area contributed by atoms with E-state index in [1.807, 2.05) is 6.07 Å². The minimum Gasteiger partial charge on any atom is -0.376 e. The maximum Gasteiger partial charge on any atom is 0.161 e. The quantitative estimate of drug-likeness (QED) is 0.909. The summed E-state index contributed by atoms with van der Waals surface area (Å²) in [6.45, 7) is 2.95. The Hall–Kier alpha value is -1.31. The molecule has 1 aliphatic heterocycles. The fourth-order valence-corrected chi connectivity index (χ4v) is 2.32. The van der Waals surface area contributed by atoms with E-state index in [0.717, 1.165) is 25.9 Å². The van der Waals surface area contributed by atoms with Gasteiger partial charge in [-0.25, -0.2) is 4.98 Å². The second-order valence-corrected chi connectivity index (χ2v) is 4.76. The van der Waals surface area contributed by atoms with Crippen LogP contribution in [0.4, 0.5) is 5.82 Å². The SMILES string of the molecule is CCC(Nc1ccc(Cl)c(C#N)n1)C1CCCO1. The summed E-state index contributed by atoms with van der Waals surface area (Å²) in [5, 5.41) is 12.6. The van der Waals surface area contributed by atoms with Crippen LogP contribution in [0.3, 0.4) is 0 Å². The zero-order valence-corrected chi connectivity index (χ0v) is 11.1. The molecule has 1 aromatic rings. The molecular formula is C13H16ClN3O. The van der Waals surface area contributed by atoms with Gasteiger partial charge < -0.3 is 10.1 Å². The van der Waals surface area contributed by atoms with E-state index in [9.17, 15) is 0 Å². The van der Waals surface area contributed by atoms with Gasteiger partial charge in [-0.15, -0.1) is 0 Å². The van der Waals surface area contributed by atoms with Gasteiger partial charge in [-0.1, -0.05) is 18.5 Å². The lowest BCUT2D eigenvalue weighted by atomic mass is 10.1. The van der Waals surface area contributed by atoms with Gasteiger partial charge in [-0.3, -0.25) is 0 Å². The maximum atomic E-state index is 8.90. The first-order valence-electron chi connectivity index (χ1n) is 6.19. The van der Waals surface area contributed by atoms with Crippen molar-refractivity contribution in [2.24, 2.45) is 0 Å². The Balaban J connectivity index is 2.09. The van der Waals surface area contributed by atoms with Crippen LogP contribution in [0.15, 0.2) is 12.1 Å². The van der Waals surface area contributed by atoms with Crippen LogP contribution in [-0.4, -0.2) is 23.7 Å². The smallest absolute Gasteiger partial charge is 0.161 e. The van der Waals surface area contributed by atoms with Crippen LogP contribution >= 0.6 is 11.6 Å². The van der Waals surface area contributed by atoms with Crippen molar-refractivity contribution < 1.29 is 4.74 Å². The van der Waals surface area contributed by atoms with Gasteiger partial charge in [0.1, 0.15) is 11.9 Å². The molecule has 0 aliphatic carbocycles. The first-order valence-corrected chi connectivity index (χ1v) is 6.57. The lowest BCUT2D eigenvalue weighted by Gasteiger charge is -2.23. The molecule has 2 heterocycles. The molecule has 1 aliphatic rings. The Kier molecular flexibility index (Phi) is 4.40. The van der Waals surface area contributed by atoms with Gasteiger partial charge in [0.25, 0.3) is 0 Å². The minimum absolute atomic E-state index is 0.229. The van der Waals surface area contributed by atoms with E-state index < -0.39 is 0 Å². The topological polar surface area (TPSA) is 57.9 Å². The van der Waals surface area contributed by atoms with E-state index in [1.54, 1.807) is 12.1 Å². The molecular weight excluding hydrogens is 250 g/mol. The van der Waals surface area contributed by atoms with Crippen LogP contribution in [-0.2, 0) is 4.74 Å². The van der Waals surface area contributed by atoms with E-state index in [2.05, 4.69) is 17.2 Å². The van der Waals surface area contributed by atoms with E-state index >= 15 is 0 Å². The van der Waals surface area contributed by atoms with Gasteiger partial charge >= 0.3 is 0 Å². The molecule has 18 heavy (non-hydrogen) atoms. The lowest BCUT2D eigenvalue weighted by molar-refractivity contribution is 0.0942. The summed E-state index contributed by atoms with van der Waals surface area (Å²) >= 11 is 5.86. The number of hydrogen-bond acceptors (Lipinski definition) is 4. The molecule has 1 saturated heterocycles. The van der Waals surface area contributed by atoms with Gasteiger partial charge in [0.05, 0.1) is 17.2 Å². The number of halogens is 1. The van der Waals surface area contributed by atoms with Crippen molar-refractivity contribution in [2.45, 2.75) is 38.3 Å².